The van der Waals surface area contributed by atoms with E-state index in [0.717, 1.165) is 37.9 Å². The molecule has 1 aliphatic heterocycles. The van der Waals surface area contributed by atoms with Gasteiger partial charge in [-0.05, 0) is 57.5 Å². The van der Waals surface area contributed by atoms with E-state index in [1.165, 1.54) is 0 Å². The largest absolute Gasteiger partial charge is 0.480 e. The minimum atomic E-state index is -0.802. The lowest BCUT2D eigenvalue weighted by Crippen LogP contribution is -2.45. The lowest BCUT2D eigenvalue weighted by Gasteiger charge is -2.28. The number of hydrogen-bond acceptors (Lipinski definition) is 4. The fraction of sp³-hybridized carbons (Fsp3) is 0.579. The molecule has 1 aliphatic rings. The monoisotopic (exact) mass is 381 g/mol. The van der Waals surface area contributed by atoms with E-state index >= 15 is 0 Å². The fourth-order valence-electron chi connectivity index (χ4n) is 3.38. The summed E-state index contributed by atoms with van der Waals surface area (Å²) in [4.78, 5) is 27.5. The van der Waals surface area contributed by atoms with Gasteiger partial charge in [0.05, 0.1) is 12.6 Å². The van der Waals surface area contributed by atoms with Crippen molar-refractivity contribution >= 4 is 23.5 Å². The Balaban J connectivity index is 1.82. The second-order valence-corrected chi connectivity index (χ2v) is 7.39. The molecule has 26 heavy (non-hydrogen) atoms. The van der Waals surface area contributed by atoms with Gasteiger partial charge in [-0.15, -0.1) is 0 Å². The fourth-order valence-corrected chi connectivity index (χ4v) is 3.50. The van der Waals surface area contributed by atoms with E-state index < -0.39 is 5.97 Å². The first-order valence-electron chi connectivity index (χ1n) is 9.05. The Labute approximate surface area is 160 Å². The van der Waals surface area contributed by atoms with Gasteiger partial charge in [0, 0.05) is 24.2 Å². The number of amides is 1. The van der Waals surface area contributed by atoms with Gasteiger partial charge in [0.2, 0.25) is 5.91 Å². The minimum absolute atomic E-state index is 0.0114. The van der Waals surface area contributed by atoms with Crippen LogP contribution in [0.4, 0.5) is 0 Å². The van der Waals surface area contributed by atoms with Gasteiger partial charge >= 0.3 is 5.97 Å². The predicted molar refractivity (Wildman–Crippen MR) is 102 cm³/mol. The third-order valence-electron chi connectivity index (χ3n) is 5.05. The van der Waals surface area contributed by atoms with Crippen molar-refractivity contribution in [2.75, 3.05) is 26.7 Å². The van der Waals surface area contributed by atoms with Gasteiger partial charge in [0.1, 0.15) is 0 Å². The van der Waals surface area contributed by atoms with Crippen LogP contribution < -0.4 is 5.32 Å². The molecule has 7 heteroatoms. The van der Waals surface area contributed by atoms with Gasteiger partial charge in [-0.3, -0.25) is 19.4 Å². The van der Waals surface area contributed by atoms with Gasteiger partial charge < -0.3 is 10.4 Å². The number of halogens is 1. The van der Waals surface area contributed by atoms with Crippen LogP contribution in [0, 0.1) is 0 Å². The van der Waals surface area contributed by atoms with Crippen LogP contribution in [0.3, 0.4) is 0 Å². The van der Waals surface area contributed by atoms with Crippen LogP contribution >= 0.6 is 11.6 Å². The molecule has 0 radical (unpaired) electrons. The highest BCUT2D eigenvalue weighted by Gasteiger charge is 2.26. The summed E-state index contributed by atoms with van der Waals surface area (Å²) in [7, 11) is 1.86. The standard InChI is InChI=1S/C19H28ClN3O3/c1-14(19(26)21-12-15-5-7-16(20)8-6-15)23-10-3-4-17(9-11-23)22(2)13-18(24)25/h5-8,14,17H,3-4,9-13H2,1-2H3,(H,21,26)(H,24,25). The molecular formula is C19H28ClN3O3. The highest BCUT2D eigenvalue weighted by atomic mass is 35.5. The summed E-state index contributed by atoms with van der Waals surface area (Å²) in [6.07, 6.45) is 2.79. The first kappa shape index (κ1) is 20.7. The topological polar surface area (TPSA) is 72.9 Å². The quantitative estimate of drug-likeness (QED) is 0.757. The highest BCUT2D eigenvalue weighted by molar-refractivity contribution is 6.30. The normalized spacial score (nSPS) is 19.8. The van der Waals surface area contributed by atoms with E-state index in [4.69, 9.17) is 16.7 Å². The van der Waals surface area contributed by atoms with Gasteiger partial charge in [-0.1, -0.05) is 23.7 Å². The van der Waals surface area contributed by atoms with Crippen LogP contribution in [-0.4, -0.2) is 65.5 Å². The molecule has 144 valence electrons. The van der Waals surface area contributed by atoms with Crippen molar-refractivity contribution in [2.45, 2.75) is 44.8 Å². The number of carbonyl (C=O) groups excluding carboxylic acids is 1. The molecule has 2 rings (SSSR count). The minimum Gasteiger partial charge on any atom is -0.480 e. The lowest BCUT2D eigenvalue weighted by molar-refractivity contribution is -0.138. The summed E-state index contributed by atoms with van der Waals surface area (Å²) in [6.45, 7) is 4.12. The van der Waals surface area contributed by atoms with E-state index in [9.17, 15) is 9.59 Å². The molecule has 2 N–H and O–H groups in total. The Kier molecular flexibility index (Phi) is 7.87. The van der Waals surface area contributed by atoms with Crippen LogP contribution in [0.5, 0.6) is 0 Å². The summed E-state index contributed by atoms with van der Waals surface area (Å²) in [5.74, 6) is -0.791. The zero-order valence-corrected chi connectivity index (χ0v) is 16.2. The van der Waals surface area contributed by atoms with Gasteiger partial charge in [-0.2, -0.15) is 0 Å². The first-order valence-corrected chi connectivity index (χ1v) is 9.43. The summed E-state index contributed by atoms with van der Waals surface area (Å²) in [6, 6.07) is 7.49. The maximum Gasteiger partial charge on any atom is 0.317 e. The molecule has 1 heterocycles. The number of hydrogen-bond donors (Lipinski definition) is 2. The first-order chi connectivity index (χ1) is 12.4. The van der Waals surface area contributed by atoms with Gasteiger partial charge in [0.25, 0.3) is 0 Å². The molecule has 1 saturated heterocycles. The van der Waals surface area contributed by atoms with E-state index in [1.807, 2.05) is 43.1 Å². The number of likely N-dealkylation sites (N-methyl/N-ethyl adjacent to an activating group) is 1. The van der Waals surface area contributed by atoms with Crippen LogP contribution in [-0.2, 0) is 16.1 Å². The van der Waals surface area contributed by atoms with E-state index in [0.29, 0.717) is 11.6 Å². The zero-order chi connectivity index (χ0) is 19.1. The van der Waals surface area contributed by atoms with Crippen molar-refractivity contribution in [3.05, 3.63) is 34.9 Å². The van der Waals surface area contributed by atoms with Crippen molar-refractivity contribution in [2.24, 2.45) is 0 Å². The molecular weight excluding hydrogens is 354 g/mol. The average molecular weight is 382 g/mol. The SMILES string of the molecule is CC(C(=O)NCc1ccc(Cl)cc1)N1CCCC(N(C)CC(=O)O)CC1. The Bertz CT molecular complexity index is 609. The number of rotatable bonds is 7. The zero-order valence-electron chi connectivity index (χ0n) is 15.4. The van der Waals surface area contributed by atoms with Crippen LogP contribution in [0.15, 0.2) is 24.3 Å². The predicted octanol–water partition coefficient (Wildman–Crippen LogP) is 2.22. The summed E-state index contributed by atoms with van der Waals surface area (Å²) in [5.41, 5.74) is 1.01. The van der Waals surface area contributed by atoms with E-state index in [-0.39, 0.29) is 24.5 Å². The average Bonchev–Trinajstić information content (AvgIpc) is 2.86. The molecule has 1 aromatic carbocycles. The molecule has 0 aliphatic carbocycles. The Morgan fingerprint density at radius 2 is 2.00 bits per heavy atom. The number of carboxylic acids is 1. The Hall–Kier alpha value is -1.63. The van der Waals surface area contributed by atoms with Crippen molar-refractivity contribution in [3.63, 3.8) is 0 Å². The molecule has 2 atom stereocenters. The maximum atomic E-state index is 12.5. The molecule has 1 aromatic rings. The van der Waals surface area contributed by atoms with Crippen molar-refractivity contribution in [1.82, 2.24) is 15.1 Å². The summed E-state index contributed by atoms with van der Waals surface area (Å²) >= 11 is 5.87. The molecule has 1 fully saturated rings. The van der Waals surface area contributed by atoms with Crippen molar-refractivity contribution in [3.8, 4) is 0 Å². The third-order valence-corrected chi connectivity index (χ3v) is 5.30. The highest BCUT2D eigenvalue weighted by Crippen LogP contribution is 2.17. The number of nitrogens with one attached hydrogen (secondary N) is 1. The molecule has 6 nitrogen and oxygen atoms in total. The molecule has 0 spiro atoms. The molecule has 0 saturated carbocycles. The van der Waals surface area contributed by atoms with Crippen LogP contribution in [0.2, 0.25) is 5.02 Å². The van der Waals surface area contributed by atoms with Crippen LogP contribution in [0.1, 0.15) is 31.7 Å². The second-order valence-electron chi connectivity index (χ2n) is 6.95. The van der Waals surface area contributed by atoms with Crippen molar-refractivity contribution < 1.29 is 14.7 Å². The second kappa shape index (κ2) is 9.90. The molecule has 0 aromatic heterocycles. The Morgan fingerprint density at radius 1 is 1.31 bits per heavy atom. The number of benzene rings is 1. The summed E-state index contributed by atoms with van der Waals surface area (Å²) in [5, 5.41) is 12.6. The number of likely N-dealkylation sites (tertiary alicyclic amines) is 1. The third kappa shape index (κ3) is 6.27. The number of carbonyl (C=O) groups is 2. The van der Waals surface area contributed by atoms with Crippen molar-refractivity contribution in [1.29, 1.82) is 0 Å². The smallest absolute Gasteiger partial charge is 0.317 e. The number of aliphatic carboxylic acids is 1. The molecule has 2 unspecified atom stereocenters. The van der Waals surface area contributed by atoms with E-state index in [1.54, 1.807) is 0 Å². The van der Waals surface area contributed by atoms with Gasteiger partial charge in [0.15, 0.2) is 0 Å². The van der Waals surface area contributed by atoms with Crippen LogP contribution in [0.25, 0.3) is 0 Å². The molecule has 0 bridgehead atoms. The number of carboxylic acid groups (broad SMARTS) is 1. The number of nitrogens with zero attached hydrogens (tertiary/aromatic N) is 2. The summed E-state index contributed by atoms with van der Waals surface area (Å²) < 4.78 is 0. The Morgan fingerprint density at radius 3 is 2.65 bits per heavy atom. The lowest BCUT2D eigenvalue weighted by atomic mass is 10.1. The van der Waals surface area contributed by atoms with Gasteiger partial charge in [-0.25, -0.2) is 0 Å². The van der Waals surface area contributed by atoms with E-state index in [2.05, 4.69) is 10.2 Å². The molecule has 1 amide bonds. The maximum absolute atomic E-state index is 12.5.